The molecule has 6 heteroatoms. The quantitative estimate of drug-likeness (QED) is 0.608. The molecule has 0 aliphatic carbocycles. The normalized spacial score (nSPS) is 12.2. The predicted octanol–water partition coefficient (Wildman–Crippen LogP) is 5.04. The summed E-state index contributed by atoms with van der Waals surface area (Å²) in [5.41, 5.74) is 2.56. The minimum atomic E-state index is -0.108. The van der Waals surface area contributed by atoms with Crippen LogP contribution >= 0.6 is 11.8 Å². The van der Waals surface area contributed by atoms with Crippen LogP contribution in [0.4, 0.5) is 5.69 Å². The molecular formula is C21H24N4OS. The molecule has 0 aliphatic heterocycles. The number of hydrogen-bond acceptors (Lipinski definition) is 4. The van der Waals surface area contributed by atoms with Gasteiger partial charge >= 0.3 is 0 Å². The molecule has 0 bridgehead atoms. The Hall–Kier alpha value is -2.60. The van der Waals surface area contributed by atoms with Crippen LogP contribution in [0.2, 0.25) is 0 Å². The molecule has 0 saturated carbocycles. The Labute approximate surface area is 164 Å². The van der Waals surface area contributed by atoms with Crippen molar-refractivity contribution >= 4 is 23.4 Å². The standard InChI is InChI=1S/C21H24N4OS/c1-14(2)19-23-24-21(25(19)4)27-15(3)17-11-8-12-18(13-17)22-20(26)16-9-6-5-7-10-16/h5-15H,1-4H3,(H,22,26). The fourth-order valence-electron chi connectivity index (χ4n) is 2.82. The number of amides is 1. The van der Waals surface area contributed by atoms with E-state index in [0.717, 1.165) is 22.2 Å². The van der Waals surface area contributed by atoms with Crippen molar-refractivity contribution in [1.82, 2.24) is 14.8 Å². The maximum Gasteiger partial charge on any atom is 0.255 e. The first-order valence-corrected chi connectivity index (χ1v) is 9.86. The fourth-order valence-corrected chi connectivity index (χ4v) is 3.76. The lowest BCUT2D eigenvalue weighted by atomic mass is 10.1. The largest absolute Gasteiger partial charge is 0.322 e. The average Bonchev–Trinajstić information content (AvgIpc) is 3.03. The summed E-state index contributed by atoms with van der Waals surface area (Å²) in [6.07, 6.45) is 0. The van der Waals surface area contributed by atoms with Crippen LogP contribution in [-0.2, 0) is 7.05 Å². The summed E-state index contributed by atoms with van der Waals surface area (Å²) < 4.78 is 2.05. The van der Waals surface area contributed by atoms with Crippen molar-refractivity contribution in [2.45, 2.75) is 37.1 Å². The summed E-state index contributed by atoms with van der Waals surface area (Å²) in [6, 6.07) is 17.2. The van der Waals surface area contributed by atoms with Crippen molar-refractivity contribution in [1.29, 1.82) is 0 Å². The molecule has 1 unspecified atom stereocenters. The van der Waals surface area contributed by atoms with Crippen LogP contribution in [0.1, 0.15) is 53.7 Å². The van der Waals surface area contributed by atoms with Crippen LogP contribution < -0.4 is 5.32 Å². The zero-order chi connectivity index (χ0) is 19.4. The van der Waals surface area contributed by atoms with E-state index < -0.39 is 0 Å². The Morgan fingerprint density at radius 1 is 1.04 bits per heavy atom. The van der Waals surface area contributed by atoms with Crippen LogP contribution in [0.25, 0.3) is 0 Å². The van der Waals surface area contributed by atoms with Gasteiger partial charge in [0.1, 0.15) is 5.82 Å². The number of rotatable bonds is 6. The highest BCUT2D eigenvalue weighted by Crippen LogP contribution is 2.35. The Balaban J connectivity index is 1.72. The molecule has 2 aromatic carbocycles. The molecule has 0 aliphatic rings. The van der Waals surface area contributed by atoms with Gasteiger partial charge in [0.25, 0.3) is 5.91 Å². The topological polar surface area (TPSA) is 59.8 Å². The Bertz CT molecular complexity index is 921. The lowest BCUT2D eigenvalue weighted by molar-refractivity contribution is 0.102. The summed E-state index contributed by atoms with van der Waals surface area (Å²) >= 11 is 1.66. The fraction of sp³-hybridized carbons (Fsp3) is 0.286. The zero-order valence-corrected chi connectivity index (χ0v) is 16.8. The van der Waals surface area contributed by atoms with Crippen LogP contribution in [0.5, 0.6) is 0 Å². The lowest BCUT2D eigenvalue weighted by Crippen LogP contribution is -2.11. The van der Waals surface area contributed by atoms with E-state index in [1.54, 1.807) is 23.9 Å². The summed E-state index contributed by atoms with van der Waals surface area (Å²) in [7, 11) is 2.00. The number of aromatic nitrogens is 3. The molecule has 3 aromatic rings. The molecule has 0 radical (unpaired) electrons. The van der Waals surface area contributed by atoms with Gasteiger partial charge in [0.15, 0.2) is 5.16 Å². The Kier molecular flexibility index (Phi) is 5.96. The summed E-state index contributed by atoms with van der Waals surface area (Å²) in [5.74, 6) is 1.21. The van der Waals surface area contributed by atoms with Gasteiger partial charge in [0.2, 0.25) is 0 Å². The van der Waals surface area contributed by atoms with Gasteiger partial charge in [0.05, 0.1) is 0 Å². The van der Waals surface area contributed by atoms with Crippen molar-refractivity contribution in [3.05, 3.63) is 71.5 Å². The number of carbonyl (C=O) groups excluding carboxylic acids is 1. The zero-order valence-electron chi connectivity index (χ0n) is 16.0. The van der Waals surface area contributed by atoms with E-state index in [0.29, 0.717) is 11.5 Å². The van der Waals surface area contributed by atoms with Crippen molar-refractivity contribution in [3.63, 3.8) is 0 Å². The highest BCUT2D eigenvalue weighted by atomic mass is 32.2. The molecule has 1 atom stereocenters. The molecule has 1 amide bonds. The number of thioether (sulfide) groups is 1. The van der Waals surface area contributed by atoms with Crippen LogP contribution in [-0.4, -0.2) is 20.7 Å². The van der Waals surface area contributed by atoms with Gasteiger partial charge < -0.3 is 9.88 Å². The first-order valence-electron chi connectivity index (χ1n) is 8.98. The van der Waals surface area contributed by atoms with Crippen molar-refractivity contribution in [2.24, 2.45) is 7.05 Å². The smallest absolute Gasteiger partial charge is 0.255 e. The lowest BCUT2D eigenvalue weighted by Gasteiger charge is -2.13. The summed E-state index contributed by atoms with van der Waals surface area (Å²) in [4.78, 5) is 12.4. The molecule has 0 spiro atoms. The third-order valence-electron chi connectivity index (χ3n) is 4.32. The van der Waals surface area contributed by atoms with Crippen molar-refractivity contribution < 1.29 is 4.79 Å². The number of hydrogen-bond donors (Lipinski definition) is 1. The highest BCUT2D eigenvalue weighted by Gasteiger charge is 2.16. The second-order valence-electron chi connectivity index (χ2n) is 6.76. The van der Waals surface area contributed by atoms with Gasteiger partial charge in [-0.1, -0.05) is 55.9 Å². The summed E-state index contributed by atoms with van der Waals surface area (Å²) in [6.45, 7) is 6.36. The summed E-state index contributed by atoms with van der Waals surface area (Å²) in [5, 5.41) is 12.6. The van der Waals surface area contributed by atoms with E-state index >= 15 is 0 Å². The first kappa shape index (κ1) is 19.2. The third kappa shape index (κ3) is 4.57. The van der Waals surface area contributed by atoms with Gasteiger partial charge in [-0.3, -0.25) is 4.79 Å². The monoisotopic (exact) mass is 380 g/mol. The molecule has 0 fully saturated rings. The van der Waals surface area contributed by atoms with Gasteiger partial charge in [0, 0.05) is 29.5 Å². The highest BCUT2D eigenvalue weighted by molar-refractivity contribution is 7.99. The third-order valence-corrected chi connectivity index (χ3v) is 5.51. The Morgan fingerprint density at radius 2 is 1.78 bits per heavy atom. The molecule has 1 aromatic heterocycles. The van der Waals surface area contributed by atoms with Gasteiger partial charge in [-0.15, -0.1) is 10.2 Å². The molecule has 5 nitrogen and oxygen atoms in total. The van der Waals surface area contributed by atoms with Crippen LogP contribution in [0.15, 0.2) is 59.8 Å². The molecular weight excluding hydrogens is 356 g/mol. The first-order chi connectivity index (χ1) is 13.0. The van der Waals surface area contributed by atoms with Crippen LogP contribution in [0.3, 0.4) is 0 Å². The number of nitrogens with one attached hydrogen (secondary N) is 1. The molecule has 27 heavy (non-hydrogen) atoms. The Morgan fingerprint density at radius 3 is 2.44 bits per heavy atom. The van der Waals surface area contributed by atoms with Crippen LogP contribution in [0, 0.1) is 0 Å². The van der Waals surface area contributed by atoms with Gasteiger partial charge in [-0.05, 0) is 36.8 Å². The molecule has 3 rings (SSSR count). The minimum absolute atomic E-state index is 0.108. The van der Waals surface area contributed by atoms with E-state index in [2.05, 4.69) is 42.4 Å². The molecule has 1 N–H and O–H groups in total. The maximum absolute atomic E-state index is 12.4. The van der Waals surface area contributed by atoms with E-state index in [1.165, 1.54) is 0 Å². The predicted molar refractivity (Wildman–Crippen MR) is 110 cm³/mol. The number of carbonyl (C=O) groups is 1. The molecule has 140 valence electrons. The van der Waals surface area contributed by atoms with E-state index in [1.807, 2.05) is 48.0 Å². The van der Waals surface area contributed by atoms with E-state index in [4.69, 9.17) is 0 Å². The van der Waals surface area contributed by atoms with Gasteiger partial charge in [-0.25, -0.2) is 0 Å². The van der Waals surface area contributed by atoms with Crippen molar-refractivity contribution in [3.8, 4) is 0 Å². The minimum Gasteiger partial charge on any atom is -0.322 e. The van der Waals surface area contributed by atoms with E-state index in [-0.39, 0.29) is 11.2 Å². The molecule has 1 heterocycles. The number of nitrogens with zero attached hydrogens (tertiary/aromatic N) is 3. The number of anilines is 1. The SMILES string of the molecule is CC(C)c1nnc(SC(C)c2cccc(NC(=O)c3ccccc3)c2)n1C. The second-order valence-corrected chi connectivity index (χ2v) is 8.07. The second kappa shape index (κ2) is 8.39. The number of benzene rings is 2. The average molecular weight is 381 g/mol. The molecule has 0 saturated heterocycles. The van der Waals surface area contributed by atoms with Gasteiger partial charge in [-0.2, -0.15) is 0 Å². The van der Waals surface area contributed by atoms with Crippen molar-refractivity contribution in [2.75, 3.05) is 5.32 Å². The maximum atomic E-state index is 12.4. The van der Waals surface area contributed by atoms with E-state index in [9.17, 15) is 4.79 Å².